The molecule has 0 bridgehead atoms. The summed E-state index contributed by atoms with van der Waals surface area (Å²) < 4.78 is 28.7. The molecule has 8 nitrogen and oxygen atoms in total. The standard InChI is InChI=1S/C32H38BrNO7/c1-8-40-27-15-21(11-22(33)31(27)39-7)29-28(32(36)41-16-17(2)3)18(4)34-23-12-20(13-24(35)30(23)29)19-9-10-25(37-5)26(14-19)38-6/h9-11,14-15,17,20,29-30H,8,12-13,16H2,1-7H3/t20-,29-,30?/m1/s1. The third kappa shape index (κ3) is 6.30. The Labute approximate surface area is 250 Å². The van der Waals surface area contributed by atoms with Crippen LogP contribution in [0.15, 0.2) is 51.1 Å². The van der Waals surface area contributed by atoms with E-state index < -0.39 is 17.8 Å². The lowest BCUT2D eigenvalue weighted by atomic mass is 9.66. The summed E-state index contributed by atoms with van der Waals surface area (Å²) in [5.74, 6) is 0.784. The van der Waals surface area contributed by atoms with E-state index in [1.54, 1.807) is 21.3 Å². The molecule has 0 amide bonds. The quantitative estimate of drug-likeness (QED) is 0.272. The van der Waals surface area contributed by atoms with Crippen molar-refractivity contribution >= 4 is 33.4 Å². The SMILES string of the molecule is CCOc1cc([C@@H]2C(C(=O)OCC(C)C)=C(C)N=C3C[C@@H](c4ccc(OC)c(OC)c4)CC(=O)C32)cc(Br)c1OC. The van der Waals surface area contributed by atoms with Crippen molar-refractivity contribution in [1.82, 2.24) is 0 Å². The third-order valence-electron chi connectivity index (χ3n) is 7.50. The molecule has 220 valence electrons. The summed E-state index contributed by atoms with van der Waals surface area (Å²) in [5, 5.41) is 0. The molecule has 41 heavy (non-hydrogen) atoms. The van der Waals surface area contributed by atoms with Crippen molar-refractivity contribution in [2.45, 2.75) is 52.4 Å². The Morgan fingerprint density at radius 2 is 1.68 bits per heavy atom. The number of allylic oxidation sites excluding steroid dienone is 1. The van der Waals surface area contributed by atoms with Gasteiger partial charge in [-0.3, -0.25) is 9.79 Å². The smallest absolute Gasteiger partial charge is 0.336 e. The van der Waals surface area contributed by atoms with Crippen LogP contribution in [0.2, 0.25) is 0 Å². The molecule has 0 radical (unpaired) electrons. The first-order valence-corrected chi connectivity index (χ1v) is 14.6. The van der Waals surface area contributed by atoms with Crippen molar-refractivity contribution in [3.8, 4) is 23.0 Å². The summed E-state index contributed by atoms with van der Waals surface area (Å²) in [7, 11) is 4.76. The van der Waals surface area contributed by atoms with Gasteiger partial charge >= 0.3 is 5.97 Å². The van der Waals surface area contributed by atoms with Crippen LogP contribution in [0, 0.1) is 11.8 Å². The number of hydrogen-bond donors (Lipinski definition) is 0. The number of benzene rings is 2. The Morgan fingerprint density at radius 1 is 0.976 bits per heavy atom. The number of Topliss-reactive ketones (excluding diaryl/α,β-unsaturated/α-hetero) is 1. The second-order valence-electron chi connectivity index (χ2n) is 10.7. The zero-order valence-electron chi connectivity index (χ0n) is 24.7. The van der Waals surface area contributed by atoms with Gasteiger partial charge in [0.1, 0.15) is 5.78 Å². The topological polar surface area (TPSA) is 92.7 Å². The number of hydrogen-bond acceptors (Lipinski definition) is 8. The summed E-state index contributed by atoms with van der Waals surface area (Å²) >= 11 is 3.61. The van der Waals surface area contributed by atoms with Gasteiger partial charge in [0.2, 0.25) is 0 Å². The second kappa shape index (κ2) is 13.1. The summed E-state index contributed by atoms with van der Waals surface area (Å²) in [6, 6.07) is 9.49. The Bertz CT molecular complexity index is 1380. The van der Waals surface area contributed by atoms with Crippen LogP contribution in [0.3, 0.4) is 0 Å². The van der Waals surface area contributed by atoms with E-state index >= 15 is 0 Å². The van der Waals surface area contributed by atoms with E-state index in [0.717, 1.165) is 16.8 Å². The Kier molecular flexibility index (Phi) is 9.79. The van der Waals surface area contributed by atoms with Crippen LogP contribution in [-0.4, -0.2) is 52.0 Å². The molecule has 1 aliphatic heterocycles. The van der Waals surface area contributed by atoms with Gasteiger partial charge in [0.15, 0.2) is 23.0 Å². The molecule has 1 unspecified atom stereocenters. The Hall–Kier alpha value is -3.33. The summed E-state index contributed by atoms with van der Waals surface area (Å²) in [6.45, 7) is 8.37. The molecule has 9 heteroatoms. The highest BCUT2D eigenvalue weighted by Crippen LogP contribution is 2.49. The first-order chi connectivity index (χ1) is 19.6. The van der Waals surface area contributed by atoms with Gasteiger partial charge in [-0.25, -0.2) is 4.79 Å². The molecular formula is C32H38BrNO7. The number of ketones is 1. The van der Waals surface area contributed by atoms with Crippen molar-refractivity contribution in [3.05, 3.63) is 57.2 Å². The number of esters is 1. The third-order valence-corrected chi connectivity index (χ3v) is 8.09. The number of rotatable bonds is 10. The molecular weight excluding hydrogens is 590 g/mol. The van der Waals surface area contributed by atoms with E-state index in [9.17, 15) is 9.59 Å². The molecule has 2 aromatic rings. The van der Waals surface area contributed by atoms with Crippen LogP contribution < -0.4 is 18.9 Å². The highest BCUT2D eigenvalue weighted by atomic mass is 79.9. The fourth-order valence-electron chi connectivity index (χ4n) is 5.69. The van der Waals surface area contributed by atoms with Gasteiger partial charge in [-0.15, -0.1) is 0 Å². The average Bonchev–Trinajstić information content (AvgIpc) is 2.94. The van der Waals surface area contributed by atoms with E-state index in [1.165, 1.54) is 0 Å². The molecule has 3 atom stereocenters. The molecule has 0 saturated heterocycles. The molecule has 1 fully saturated rings. The van der Waals surface area contributed by atoms with Gasteiger partial charge in [-0.1, -0.05) is 19.9 Å². The largest absolute Gasteiger partial charge is 0.493 e. The highest BCUT2D eigenvalue weighted by molar-refractivity contribution is 9.10. The number of aliphatic imine (C=N–C) groups is 1. The number of nitrogens with zero attached hydrogens (tertiary/aromatic N) is 1. The van der Waals surface area contributed by atoms with Gasteiger partial charge in [0.05, 0.1) is 50.5 Å². The minimum atomic E-state index is -0.605. The average molecular weight is 629 g/mol. The van der Waals surface area contributed by atoms with E-state index in [4.69, 9.17) is 28.7 Å². The summed E-state index contributed by atoms with van der Waals surface area (Å²) in [4.78, 5) is 32.5. The molecule has 1 heterocycles. The van der Waals surface area contributed by atoms with Crippen molar-refractivity contribution in [2.75, 3.05) is 34.5 Å². The minimum Gasteiger partial charge on any atom is -0.493 e. The lowest BCUT2D eigenvalue weighted by molar-refractivity contribution is -0.140. The van der Waals surface area contributed by atoms with Crippen LogP contribution in [0.1, 0.15) is 63.5 Å². The minimum absolute atomic E-state index is 0.0198. The summed E-state index contributed by atoms with van der Waals surface area (Å²) in [6.07, 6.45) is 0.877. The van der Waals surface area contributed by atoms with Crippen LogP contribution in [-0.2, 0) is 14.3 Å². The fourth-order valence-corrected chi connectivity index (χ4v) is 6.31. The normalized spacial score (nSPS) is 20.4. The number of carbonyl (C=O) groups is 2. The van der Waals surface area contributed by atoms with E-state index in [0.29, 0.717) is 58.2 Å². The van der Waals surface area contributed by atoms with Gasteiger partial charge in [-0.05, 0) is 83.4 Å². The fraction of sp³-hybridized carbons (Fsp3) is 0.469. The molecule has 0 spiro atoms. The predicted molar refractivity (Wildman–Crippen MR) is 161 cm³/mol. The molecule has 0 aromatic heterocycles. The number of ether oxygens (including phenoxy) is 5. The molecule has 4 rings (SSSR count). The molecule has 2 aliphatic rings. The Balaban J connectivity index is 1.82. The number of halogens is 1. The van der Waals surface area contributed by atoms with E-state index in [2.05, 4.69) is 15.9 Å². The lowest BCUT2D eigenvalue weighted by Gasteiger charge is -2.38. The molecule has 2 aromatic carbocycles. The number of fused-ring (bicyclic) bond motifs is 1. The zero-order chi connectivity index (χ0) is 29.8. The van der Waals surface area contributed by atoms with Crippen LogP contribution >= 0.6 is 15.9 Å². The molecule has 0 N–H and O–H groups in total. The highest BCUT2D eigenvalue weighted by Gasteiger charge is 2.46. The lowest BCUT2D eigenvalue weighted by Crippen LogP contribution is -2.41. The predicted octanol–water partition coefficient (Wildman–Crippen LogP) is 6.65. The van der Waals surface area contributed by atoms with Crippen LogP contribution in [0.4, 0.5) is 0 Å². The van der Waals surface area contributed by atoms with Gasteiger partial charge < -0.3 is 23.7 Å². The monoisotopic (exact) mass is 627 g/mol. The van der Waals surface area contributed by atoms with Crippen molar-refractivity contribution in [3.63, 3.8) is 0 Å². The van der Waals surface area contributed by atoms with Gasteiger partial charge in [0, 0.05) is 23.7 Å². The first-order valence-electron chi connectivity index (χ1n) is 13.8. The number of methoxy groups -OCH3 is 3. The Morgan fingerprint density at radius 3 is 2.32 bits per heavy atom. The molecule has 1 aliphatic carbocycles. The maximum atomic E-state index is 14.1. The van der Waals surface area contributed by atoms with Crippen molar-refractivity contribution in [1.29, 1.82) is 0 Å². The van der Waals surface area contributed by atoms with E-state index in [1.807, 2.05) is 58.0 Å². The van der Waals surface area contributed by atoms with Crippen LogP contribution in [0.25, 0.3) is 0 Å². The van der Waals surface area contributed by atoms with Crippen molar-refractivity contribution in [2.24, 2.45) is 16.8 Å². The van der Waals surface area contributed by atoms with Crippen molar-refractivity contribution < 1.29 is 33.3 Å². The summed E-state index contributed by atoms with van der Waals surface area (Å²) in [5.41, 5.74) is 3.45. The molecule has 1 saturated carbocycles. The maximum Gasteiger partial charge on any atom is 0.336 e. The second-order valence-corrected chi connectivity index (χ2v) is 11.6. The number of carbonyl (C=O) groups excluding carboxylic acids is 2. The van der Waals surface area contributed by atoms with Crippen LogP contribution in [0.5, 0.6) is 23.0 Å². The van der Waals surface area contributed by atoms with Gasteiger partial charge in [-0.2, -0.15) is 0 Å². The van der Waals surface area contributed by atoms with Gasteiger partial charge in [0.25, 0.3) is 0 Å². The maximum absolute atomic E-state index is 14.1. The van der Waals surface area contributed by atoms with E-state index in [-0.39, 0.29) is 24.2 Å². The first kappa shape index (κ1) is 30.6. The zero-order valence-corrected chi connectivity index (χ0v) is 26.3.